The van der Waals surface area contributed by atoms with Gasteiger partial charge in [0, 0.05) is 5.56 Å². The van der Waals surface area contributed by atoms with Crippen molar-refractivity contribution in [2.75, 3.05) is 0 Å². The number of hydrogen-bond donors (Lipinski definition) is 2. The minimum Gasteiger partial charge on any atom is -0.508 e. The summed E-state index contributed by atoms with van der Waals surface area (Å²) < 4.78 is 0. The SMILES string of the molecule is Oc1ccc(-c2cccc(Cl)c2O)cc1. The number of hydrogen-bond acceptors (Lipinski definition) is 2. The molecule has 0 aliphatic rings. The number of aromatic hydroxyl groups is 2. The van der Waals surface area contributed by atoms with E-state index in [-0.39, 0.29) is 11.5 Å². The fourth-order valence-electron chi connectivity index (χ4n) is 1.39. The summed E-state index contributed by atoms with van der Waals surface area (Å²) in [5.74, 6) is 0.255. The van der Waals surface area contributed by atoms with Crippen molar-refractivity contribution >= 4 is 11.6 Å². The molecule has 0 atom stereocenters. The van der Waals surface area contributed by atoms with Gasteiger partial charge < -0.3 is 10.2 Å². The van der Waals surface area contributed by atoms with E-state index in [1.807, 2.05) is 0 Å². The molecule has 2 aromatic carbocycles. The number of rotatable bonds is 1. The van der Waals surface area contributed by atoms with E-state index >= 15 is 0 Å². The van der Waals surface area contributed by atoms with E-state index in [1.165, 1.54) is 0 Å². The van der Waals surface area contributed by atoms with Crippen LogP contribution in [-0.4, -0.2) is 10.2 Å². The summed E-state index contributed by atoms with van der Waals surface area (Å²) in [6, 6.07) is 11.7. The van der Waals surface area contributed by atoms with Gasteiger partial charge in [-0.2, -0.15) is 0 Å². The third-order valence-electron chi connectivity index (χ3n) is 2.17. The maximum atomic E-state index is 9.73. The van der Waals surface area contributed by atoms with E-state index in [0.717, 1.165) is 5.56 Å². The molecule has 0 saturated heterocycles. The Morgan fingerprint density at radius 3 is 2.20 bits per heavy atom. The van der Waals surface area contributed by atoms with Crippen LogP contribution in [0.3, 0.4) is 0 Å². The molecule has 3 heteroatoms. The van der Waals surface area contributed by atoms with E-state index in [0.29, 0.717) is 10.6 Å². The summed E-state index contributed by atoms with van der Waals surface area (Å²) in [4.78, 5) is 0. The molecule has 2 N–H and O–H groups in total. The Balaban J connectivity index is 2.54. The average Bonchev–Trinajstić information content (AvgIpc) is 2.24. The predicted molar refractivity (Wildman–Crippen MR) is 60.2 cm³/mol. The summed E-state index contributed by atoms with van der Waals surface area (Å²) in [6.07, 6.45) is 0. The van der Waals surface area contributed by atoms with E-state index in [2.05, 4.69) is 0 Å². The molecule has 76 valence electrons. The van der Waals surface area contributed by atoms with E-state index in [1.54, 1.807) is 42.5 Å². The van der Waals surface area contributed by atoms with Crippen molar-refractivity contribution in [2.45, 2.75) is 0 Å². The Bertz CT molecular complexity index is 477. The molecule has 0 aromatic heterocycles. The van der Waals surface area contributed by atoms with Crippen LogP contribution in [0.2, 0.25) is 5.02 Å². The quantitative estimate of drug-likeness (QED) is 0.773. The molecule has 0 fully saturated rings. The molecule has 0 bridgehead atoms. The lowest BCUT2D eigenvalue weighted by Gasteiger charge is -2.05. The van der Waals surface area contributed by atoms with Crippen LogP contribution in [-0.2, 0) is 0 Å². The summed E-state index contributed by atoms with van der Waals surface area (Å²) in [6.45, 7) is 0. The summed E-state index contributed by atoms with van der Waals surface area (Å²) >= 11 is 5.80. The highest BCUT2D eigenvalue weighted by Gasteiger charge is 2.06. The zero-order valence-electron chi connectivity index (χ0n) is 7.81. The molecule has 0 radical (unpaired) electrons. The van der Waals surface area contributed by atoms with Crippen molar-refractivity contribution in [3.8, 4) is 22.6 Å². The van der Waals surface area contributed by atoms with E-state index < -0.39 is 0 Å². The Hall–Kier alpha value is -1.67. The van der Waals surface area contributed by atoms with Crippen molar-refractivity contribution in [2.24, 2.45) is 0 Å². The molecule has 2 rings (SSSR count). The highest BCUT2D eigenvalue weighted by atomic mass is 35.5. The topological polar surface area (TPSA) is 40.5 Å². The number of halogens is 1. The standard InChI is InChI=1S/C12H9ClO2/c13-11-3-1-2-10(12(11)15)8-4-6-9(14)7-5-8/h1-7,14-15H. The molecule has 0 aliphatic heterocycles. The number of benzene rings is 2. The molecule has 0 saturated carbocycles. The fourth-order valence-corrected chi connectivity index (χ4v) is 1.56. The summed E-state index contributed by atoms with van der Waals surface area (Å²) in [5, 5.41) is 19.2. The second-order valence-electron chi connectivity index (χ2n) is 3.18. The van der Waals surface area contributed by atoms with Crippen molar-refractivity contribution in [1.82, 2.24) is 0 Å². The lowest BCUT2D eigenvalue weighted by Crippen LogP contribution is -1.79. The van der Waals surface area contributed by atoms with Crippen LogP contribution in [0.25, 0.3) is 11.1 Å². The Morgan fingerprint density at radius 2 is 1.53 bits per heavy atom. The molecule has 2 aromatic rings. The Labute approximate surface area is 92.4 Å². The Morgan fingerprint density at radius 1 is 0.867 bits per heavy atom. The van der Waals surface area contributed by atoms with Crippen LogP contribution < -0.4 is 0 Å². The van der Waals surface area contributed by atoms with Gasteiger partial charge in [-0.05, 0) is 23.8 Å². The highest BCUT2D eigenvalue weighted by Crippen LogP contribution is 2.35. The van der Waals surface area contributed by atoms with Crippen molar-refractivity contribution in [1.29, 1.82) is 0 Å². The van der Waals surface area contributed by atoms with Crippen molar-refractivity contribution in [3.63, 3.8) is 0 Å². The lowest BCUT2D eigenvalue weighted by atomic mass is 10.0. The van der Waals surface area contributed by atoms with Gasteiger partial charge in [0.25, 0.3) is 0 Å². The van der Waals surface area contributed by atoms with Gasteiger partial charge in [0.1, 0.15) is 11.5 Å². The van der Waals surface area contributed by atoms with Crippen LogP contribution in [0, 0.1) is 0 Å². The van der Waals surface area contributed by atoms with Gasteiger partial charge in [-0.1, -0.05) is 35.9 Å². The lowest BCUT2D eigenvalue weighted by molar-refractivity contribution is 0.474. The molecule has 15 heavy (non-hydrogen) atoms. The molecule has 0 aliphatic carbocycles. The second kappa shape index (κ2) is 3.83. The zero-order valence-corrected chi connectivity index (χ0v) is 8.57. The number of phenolic OH excluding ortho intramolecular Hbond substituents is 2. The molecular formula is C12H9ClO2. The molecule has 0 amide bonds. The van der Waals surface area contributed by atoms with Gasteiger partial charge in [0.2, 0.25) is 0 Å². The first-order valence-corrected chi connectivity index (χ1v) is 4.83. The van der Waals surface area contributed by atoms with Crippen molar-refractivity contribution in [3.05, 3.63) is 47.5 Å². The van der Waals surface area contributed by atoms with Crippen molar-refractivity contribution < 1.29 is 10.2 Å². The van der Waals surface area contributed by atoms with Crippen LogP contribution in [0.4, 0.5) is 0 Å². The average molecular weight is 221 g/mol. The first-order chi connectivity index (χ1) is 7.18. The Kier molecular flexibility index (Phi) is 2.52. The third-order valence-corrected chi connectivity index (χ3v) is 2.47. The first-order valence-electron chi connectivity index (χ1n) is 4.45. The smallest absolute Gasteiger partial charge is 0.141 e. The third kappa shape index (κ3) is 1.90. The van der Waals surface area contributed by atoms with E-state index in [9.17, 15) is 5.11 Å². The molecule has 2 nitrogen and oxygen atoms in total. The highest BCUT2D eigenvalue weighted by molar-refractivity contribution is 6.32. The molecule has 0 heterocycles. The maximum absolute atomic E-state index is 9.73. The largest absolute Gasteiger partial charge is 0.508 e. The first kappa shape index (κ1) is 9.87. The molecule has 0 spiro atoms. The van der Waals surface area contributed by atoms with Crippen LogP contribution in [0.1, 0.15) is 0 Å². The predicted octanol–water partition coefficient (Wildman–Crippen LogP) is 3.42. The normalized spacial score (nSPS) is 10.2. The summed E-state index contributed by atoms with van der Waals surface area (Å²) in [7, 11) is 0. The van der Waals surface area contributed by atoms with Crippen LogP contribution >= 0.6 is 11.6 Å². The number of phenols is 2. The van der Waals surface area contributed by atoms with Crippen LogP contribution in [0.15, 0.2) is 42.5 Å². The van der Waals surface area contributed by atoms with Gasteiger partial charge in [-0.25, -0.2) is 0 Å². The summed E-state index contributed by atoms with van der Waals surface area (Å²) in [5.41, 5.74) is 1.47. The second-order valence-corrected chi connectivity index (χ2v) is 3.59. The van der Waals surface area contributed by atoms with Gasteiger partial charge in [-0.15, -0.1) is 0 Å². The monoisotopic (exact) mass is 220 g/mol. The van der Waals surface area contributed by atoms with Gasteiger partial charge in [0.15, 0.2) is 0 Å². The van der Waals surface area contributed by atoms with Crippen LogP contribution in [0.5, 0.6) is 11.5 Å². The minimum atomic E-state index is 0.0601. The van der Waals surface area contributed by atoms with E-state index in [4.69, 9.17) is 16.7 Å². The zero-order chi connectivity index (χ0) is 10.8. The van der Waals surface area contributed by atoms with Gasteiger partial charge >= 0.3 is 0 Å². The number of para-hydroxylation sites is 1. The minimum absolute atomic E-state index is 0.0601. The molecule has 0 unspecified atom stereocenters. The van der Waals surface area contributed by atoms with Gasteiger partial charge in [0.05, 0.1) is 5.02 Å². The molecular weight excluding hydrogens is 212 g/mol. The van der Waals surface area contributed by atoms with Gasteiger partial charge in [-0.3, -0.25) is 0 Å². The fraction of sp³-hybridized carbons (Fsp3) is 0. The maximum Gasteiger partial charge on any atom is 0.141 e.